The molecule has 0 aromatic carbocycles. The van der Waals surface area contributed by atoms with E-state index in [1.54, 1.807) is 11.7 Å². The highest BCUT2D eigenvalue weighted by Crippen LogP contribution is 2.33. The van der Waals surface area contributed by atoms with Crippen molar-refractivity contribution in [1.82, 2.24) is 20.0 Å². The van der Waals surface area contributed by atoms with Gasteiger partial charge in [-0.2, -0.15) is 5.10 Å². The second kappa shape index (κ2) is 5.96. The van der Waals surface area contributed by atoms with Crippen LogP contribution in [-0.4, -0.2) is 40.7 Å². The van der Waals surface area contributed by atoms with Crippen molar-refractivity contribution in [3.63, 3.8) is 0 Å². The molecule has 6 heteroatoms. The smallest absolute Gasteiger partial charge is 0.224 e. The van der Waals surface area contributed by atoms with Gasteiger partial charge in [0.05, 0.1) is 18.7 Å². The maximum atomic E-state index is 12.2. The van der Waals surface area contributed by atoms with Gasteiger partial charge < -0.3 is 9.73 Å². The lowest BCUT2D eigenvalue weighted by Crippen LogP contribution is -2.32. The molecule has 1 aliphatic heterocycles. The van der Waals surface area contributed by atoms with E-state index in [9.17, 15) is 4.79 Å². The number of hydrogen-bond acceptors (Lipinski definition) is 4. The zero-order valence-corrected chi connectivity index (χ0v) is 13.2. The van der Waals surface area contributed by atoms with Gasteiger partial charge in [0.1, 0.15) is 11.5 Å². The molecule has 1 aliphatic rings. The fraction of sp³-hybridized carbons (Fsp3) is 0.500. The summed E-state index contributed by atoms with van der Waals surface area (Å²) in [6.45, 7) is 4.25. The fourth-order valence-electron chi connectivity index (χ4n) is 3.23. The minimum Gasteiger partial charge on any atom is -0.465 e. The standard InChI is InChI=1S/C16H22N4O2/c1-11-4-5-13(22-11)8-20-9-14(12-6-18-19(3)7-12)15(10-20)16(21)17-2/h4-7,14-15H,8-10H2,1-3H3,(H,17,21)/t14-,15+/m1/s1. The number of nitrogens with zero attached hydrogens (tertiary/aromatic N) is 3. The van der Waals surface area contributed by atoms with Crippen LogP contribution < -0.4 is 5.32 Å². The molecule has 2 atom stereocenters. The number of rotatable bonds is 4. The van der Waals surface area contributed by atoms with Crippen LogP contribution in [0.1, 0.15) is 23.0 Å². The van der Waals surface area contributed by atoms with Crippen LogP contribution in [0.25, 0.3) is 0 Å². The molecule has 0 spiro atoms. The molecule has 2 aromatic heterocycles. The van der Waals surface area contributed by atoms with Gasteiger partial charge >= 0.3 is 0 Å². The summed E-state index contributed by atoms with van der Waals surface area (Å²) in [5, 5.41) is 7.03. The molecule has 2 aromatic rings. The molecule has 6 nitrogen and oxygen atoms in total. The molecule has 3 heterocycles. The number of hydrogen-bond donors (Lipinski definition) is 1. The zero-order valence-electron chi connectivity index (χ0n) is 13.2. The summed E-state index contributed by atoms with van der Waals surface area (Å²) in [7, 11) is 3.60. The quantitative estimate of drug-likeness (QED) is 0.924. The summed E-state index contributed by atoms with van der Waals surface area (Å²) in [6, 6.07) is 3.97. The Kier molecular flexibility index (Phi) is 4.02. The van der Waals surface area contributed by atoms with Crippen molar-refractivity contribution in [2.24, 2.45) is 13.0 Å². The van der Waals surface area contributed by atoms with Crippen LogP contribution in [0.15, 0.2) is 28.9 Å². The first kappa shape index (κ1) is 14.8. The van der Waals surface area contributed by atoms with Gasteiger partial charge in [0.15, 0.2) is 0 Å². The Morgan fingerprint density at radius 2 is 2.27 bits per heavy atom. The molecule has 3 rings (SSSR count). The number of amides is 1. The lowest BCUT2D eigenvalue weighted by atomic mass is 9.90. The summed E-state index contributed by atoms with van der Waals surface area (Å²) in [5.74, 6) is 2.07. The first-order valence-corrected chi connectivity index (χ1v) is 7.54. The van der Waals surface area contributed by atoms with E-state index >= 15 is 0 Å². The number of carbonyl (C=O) groups excluding carboxylic acids is 1. The summed E-state index contributed by atoms with van der Waals surface area (Å²) in [5.41, 5.74) is 1.12. The molecular weight excluding hydrogens is 280 g/mol. The van der Waals surface area contributed by atoms with Gasteiger partial charge in [-0.1, -0.05) is 0 Å². The van der Waals surface area contributed by atoms with Crippen LogP contribution in [0.5, 0.6) is 0 Å². The predicted octanol–water partition coefficient (Wildman–Crippen LogP) is 1.28. The number of likely N-dealkylation sites (tertiary alicyclic amines) is 1. The van der Waals surface area contributed by atoms with Crippen LogP contribution in [0.3, 0.4) is 0 Å². The van der Waals surface area contributed by atoms with Gasteiger partial charge in [0.2, 0.25) is 5.91 Å². The third-order valence-corrected chi connectivity index (χ3v) is 4.31. The van der Waals surface area contributed by atoms with E-state index in [4.69, 9.17) is 4.42 Å². The lowest BCUT2D eigenvalue weighted by molar-refractivity contribution is -0.124. The van der Waals surface area contributed by atoms with Crippen LogP contribution >= 0.6 is 0 Å². The topological polar surface area (TPSA) is 63.3 Å². The first-order chi connectivity index (χ1) is 10.6. The van der Waals surface area contributed by atoms with E-state index in [2.05, 4.69) is 15.3 Å². The van der Waals surface area contributed by atoms with Crippen LogP contribution in [0, 0.1) is 12.8 Å². The Bertz CT molecular complexity index is 661. The zero-order chi connectivity index (χ0) is 15.7. The van der Waals surface area contributed by atoms with Crippen LogP contribution in [0.2, 0.25) is 0 Å². The number of furan rings is 1. The third kappa shape index (κ3) is 2.92. The van der Waals surface area contributed by atoms with Crippen molar-refractivity contribution >= 4 is 5.91 Å². The van der Waals surface area contributed by atoms with E-state index < -0.39 is 0 Å². The molecular formula is C16H22N4O2. The van der Waals surface area contributed by atoms with Gasteiger partial charge in [0.25, 0.3) is 0 Å². The van der Waals surface area contributed by atoms with E-state index in [1.807, 2.05) is 38.5 Å². The van der Waals surface area contributed by atoms with Gasteiger partial charge in [-0.15, -0.1) is 0 Å². The predicted molar refractivity (Wildman–Crippen MR) is 82.2 cm³/mol. The number of nitrogens with one attached hydrogen (secondary N) is 1. The largest absolute Gasteiger partial charge is 0.465 e. The summed E-state index contributed by atoms with van der Waals surface area (Å²) in [4.78, 5) is 14.5. The maximum absolute atomic E-state index is 12.2. The number of aromatic nitrogens is 2. The molecule has 22 heavy (non-hydrogen) atoms. The van der Waals surface area contributed by atoms with Crippen molar-refractivity contribution < 1.29 is 9.21 Å². The van der Waals surface area contributed by atoms with E-state index in [1.165, 1.54) is 0 Å². The average molecular weight is 302 g/mol. The molecule has 0 saturated carbocycles. The number of carbonyl (C=O) groups is 1. The molecule has 118 valence electrons. The minimum absolute atomic E-state index is 0.0507. The second-order valence-electron chi connectivity index (χ2n) is 5.98. The highest BCUT2D eigenvalue weighted by Gasteiger charge is 2.38. The summed E-state index contributed by atoms with van der Waals surface area (Å²) >= 11 is 0. The second-order valence-corrected chi connectivity index (χ2v) is 5.98. The van der Waals surface area contributed by atoms with Crippen LogP contribution in [0.4, 0.5) is 0 Å². The van der Waals surface area contributed by atoms with E-state index in [-0.39, 0.29) is 17.7 Å². The Morgan fingerprint density at radius 3 is 2.86 bits per heavy atom. The normalized spacial score (nSPS) is 22.1. The summed E-state index contributed by atoms with van der Waals surface area (Å²) < 4.78 is 7.44. The SMILES string of the molecule is CNC(=O)[C@H]1CN(Cc2ccc(C)o2)C[C@@H]1c1cnn(C)c1. The Morgan fingerprint density at radius 1 is 1.45 bits per heavy atom. The van der Waals surface area contributed by atoms with Gasteiger partial charge in [-0.05, 0) is 24.6 Å². The van der Waals surface area contributed by atoms with E-state index in [0.29, 0.717) is 0 Å². The Hall–Kier alpha value is -2.08. The fourth-order valence-corrected chi connectivity index (χ4v) is 3.23. The van der Waals surface area contributed by atoms with Crippen molar-refractivity contribution in [3.05, 3.63) is 41.6 Å². The number of aryl methyl sites for hydroxylation is 2. The van der Waals surface area contributed by atoms with Crippen molar-refractivity contribution in [2.45, 2.75) is 19.4 Å². The first-order valence-electron chi connectivity index (χ1n) is 7.54. The van der Waals surface area contributed by atoms with Gasteiger partial charge in [0, 0.05) is 39.3 Å². The summed E-state index contributed by atoms with van der Waals surface area (Å²) in [6.07, 6.45) is 3.86. The highest BCUT2D eigenvalue weighted by atomic mass is 16.3. The minimum atomic E-state index is -0.0507. The molecule has 0 bridgehead atoms. The molecule has 0 radical (unpaired) electrons. The van der Waals surface area contributed by atoms with Crippen molar-refractivity contribution in [3.8, 4) is 0 Å². The van der Waals surface area contributed by atoms with E-state index in [0.717, 1.165) is 36.7 Å². The molecule has 0 unspecified atom stereocenters. The monoisotopic (exact) mass is 302 g/mol. The molecule has 0 aliphatic carbocycles. The van der Waals surface area contributed by atoms with Crippen LogP contribution in [-0.2, 0) is 18.4 Å². The molecule has 1 N–H and O–H groups in total. The molecule has 1 saturated heterocycles. The highest BCUT2D eigenvalue weighted by molar-refractivity contribution is 5.80. The Labute approximate surface area is 130 Å². The van der Waals surface area contributed by atoms with Gasteiger partial charge in [-0.3, -0.25) is 14.4 Å². The van der Waals surface area contributed by atoms with Crippen molar-refractivity contribution in [1.29, 1.82) is 0 Å². The molecule has 1 amide bonds. The maximum Gasteiger partial charge on any atom is 0.224 e. The molecule has 1 fully saturated rings. The lowest BCUT2D eigenvalue weighted by Gasteiger charge is -2.15. The van der Waals surface area contributed by atoms with Gasteiger partial charge in [-0.25, -0.2) is 0 Å². The Balaban J connectivity index is 1.77. The van der Waals surface area contributed by atoms with Crippen molar-refractivity contribution in [2.75, 3.05) is 20.1 Å². The third-order valence-electron chi connectivity index (χ3n) is 4.31. The average Bonchev–Trinajstić information content (AvgIpc) is 3.19.